The van der Waals surface area contributed by atoms with Crippen LogP contribution in [0.3, 0.4) is 0 Å². The van der Waals surface area contributed by atoms with Crippen molar-refractivity contribution in [1.82, 2.24) is 19.7 Å². The van der Waals surface area contributed by atoms with Gasteiger partial charge in [-0.25, -0.2) is 14.6 Å². The fraction of sp³-hybridized carbons (Fsp3) is 0.348. The summed E-state index contributed by atoms with van der Waals surface area (Å²) in [6, 6.07) is 9.23. The van der Waals surface area contributed by atoms with Gasteiger partial charge in [0, 0.05) is 19.3 Å². The highest BCUT2D eigenvalue weighted by atomic mass is 16.2. The molecule has 0 aromatic carbocycles. The van der Waals surface area contributed by atoms with Gasteiger partial charge in [-0.05, 0) is 43.0 Å². The molecular formula is C23H27N7O2. The molecule has 2 amide bonds. The first-order valence-corrected chi connectivity index (χ1v) is 10.7. The monoisotopic (exact) mass is 433 g/mol. The van der Waals surface area contributed by atoms with E-state index in [1.54, 1.807) is 23.3 Å². The molecule has 3 N–H and O–H groups in total. The van der Waals surface area contributed by atoms with E-state index in [9.17, 15) is 9.59 Å². The molecule has 9 heteroatoms. The highest BCUT2D eigenvalue weighted by Gasteiger charge is 2.25. The molecule has 1 unspecified atom stereocenters. The summed E-state index contributed by atoms with van der Waals surface area (Å²) in [5.74, 6) is 0.813. The number of carbonyl (C=O) groups is 2. The van der Waals surface area contributed by atoms with Crippen molar-refractivity contribution in [3.63, 3.8) is 0 Å². The van der Waals surface area contributed by atoms with E-state index in [4.69, 9.17) is 5.73 Å². The summed E-state index contributed by atoms with van der Waals surface area (Å²) in [6.07, 6.45) is 6.59. The van der Waals surface area contributed by atoms with Crippen molar-refractivity contribution in [3.05, 3.63) is 60.2 Å². The van der Waals surface area contributed by atoms with Crippen LogP contribution in [-0.4, -0.2) is 44.7 Å². The summed E-state index contributed by atoms with van der Waals surface area (Å²) in [6.45, 7) is 5.43. The van der Waals surface area contributed by atoms with E-state index < -0.39 is 0 Å². The van der Waals surface area contributed by atoms with Crippen molar-refractivity contribution >= 4 is 23.3 Å². The molecule has 3 aromatic heterocycles. The van der Waals surface area contributed by atoms with Gasteiger partial charge in [0.1, 0.15) is 5.82 Å². The van der Waals surface area contributed by atoms with Gasteiger partial charge in [-0.3, -0.25) is 9.59 Å². The van der Waals surface area contributed by atoms with Crippen LogP contribution in [-0.2, 0) is 4.79 Å². The van der Waals surface area contributed by atoms with Crippen molar-refractivity contribution in [2.24, 2.45) is 11.7 Å². The SMILES string of the molecule is CC(C)c1c(C(=O)Nc2ccc(N3CCCC(C(N)=O)C3)nc2)cnn1-c1ccccn1. The molecule has 4 rings (SSSR count). The molecule has 0 bridgehead atoms. The van der Waals surface area contributed by atoms with E-state index in [-0.39, 0.29) is 23.7 Å². The van der Waals surface area contributed by atoms with Gasteiger partial charge in [0.15, 0.2) is 5.82 Å². The predicted molar refractivity (Wildman–Crippen MR) is 122 cm³/mol. The molecule has 9 nitrogen and oxygen atoms in total. The van der Waals surface area contributed by atoms with E-state index >= 15 is 0 Å². The first-order chi connectivity index (χ1) is 15.4. The average molecular weight is 434 g/mol. The molecule has 0 saturated carbocycles. The van der Waals surface area contributed by atoms with Crippen LogP contribution in [0.2, 0.25) is 0 Å². The minimum Gasteiger partial charge on any atom is -0.369 e. The fourth-order valence-electron chi connectivity index (χ4n) is 4.01. The Morgan fingerprint density at radius 2 is 1.97 bits per heavy atom. The third-order valence-corrected chi connectivity index (χ3v) is 5.62. The number of amides is 2. The summed E-state index contributed by atoms with van der Waals surface area (Å²) < 4.78 is 1.70. The van der Waals surface area contributed by atoms with E-state index in [0.29, 0.717) is 23.6 Å². The van der Waals surface area contributed by atoms with Crippen LogP contribution >= 0.6 is 0 Å². The fourth-order valence-corrected chi connectivity index (χ4v) is 4.01. The van der Waals surface area contributed by atoms with E-state index in [1.165, 1.54) is 0 Å². The molecule has 1 aliphatic rings. The van der Waals surface area contributed by atoms with Crippen LogP contribution in [0.15, 0.2) is 48.9 Å². The average Bonchev–Trinajstić information content (AvgIpc) is 3.26. The van der Waals surface area contributed by atoms with Gasteiger partial charge in [-0.1, -0.05) is 19.9 Å². The van der Waals surface area contributed by atoms with Gasteiger partial charge in [0.25, 0.3) is 5.91 Å². The van der Waals surface area contributed by atoms with Crippen molar-refractivity contribution in [2.75, 3.05) is 23.3 Å². The predicted octanol–water partition coefficient (Wildman–Crippen LogP) is 2.74. The van der Waals surface area contributed by atoms with Gasteiger partial charge >= 0.3 is 0 Å². The summed E-state index contributed by atoms with van der Waals surface area (Å²) in [5.41, 5.74) is 7.34. The normalized spacial score (nSPS) is 16.2. The summed E-state index contributed by atoms with van der Waals surface area (Å²) in [4.78, 5) is 35.4. The number of nitrogens with one attached hydrogen (secondary N) is 1. The summed E-state index contributed by atoms with van der Waals surface area (Å²) in [7, 11) is 0. The van der Waals surface area contributed by atoms with Gasteiger partial charge in [0.05, 0.1) is 35.3 Å². The number of piperidine rings is 1. The molecule has 4 heterocycles. The van der Waals surface area contributed by atoms with Crippen LogP contribution < -0.4 is 16.0 Å². The number of anilines is 2. The number of hydrogen-bond acceptors (Lipinski definition) is 6. The molecule has 32 heavy (non-hydrogen) atoms. The highest BCUT2D eigenvalue weighted by Crippen LogP contribution is 2.25. The third kappa shape index (κ3) is 4.46. The standard InChI is InChI=1S/C23H27N7O2/c1-15(2)21-18(13-27-30(21)20-7-3-4-10-25-20)23(32)28-17-8-9-19(26-12-17)29-11-5-6-16(14-29)22(24)31/h3-4,7-10,12-13,15-16H,5-6,11,14H2,1-2H3,(H2,24,31)(H,28,32). The molecule has 166 valence electrons. The summed E-state index contributed by atoms with van der Waals surface area (Å²) >= 11 is 0. The van der Waals surface area contributed by atoms with E-state index in [0.717, 1.165) is 30.9 Å². The number of rotatable bonds is 6. The molecule has 1 fully saturated rings. The lowest BCUT2D eigenvalue weighted by Gasteiger charge is -2.32. The van der Waals surface area contributed by atoms with E-state index in [2.05, 4.69) is 25.3 Å². The van der Waals surface area contributed by atoms with E-state index in [1.807, 2.05) is 44.2 Å². The molecule has 0 radical (unpaired) electrons. The zero-order chi connectivity index (χ0) is 22.7. The van der Waals surface area contributed by atoms with Crippen LogP contribution in [0.5, 0.6) is 0 Å². The summed E-state index contributed by atoms with van der Waals surface area (Å²) in [5, 5.41) is 7.31. The topological polar surface area (TPSA) is 119 Å². The maximum absolute atomic E-state index is 13.0. The molecule has 3 aromatic rings. The Kier molecular flexibility index (Phi) is 6.16. The van der Waals surface area contributed by atoms with Crippen LogP contribution in [0.1, 0.15) is 48.7 Å². The second-order valence-electron chi connectivity index (χ2n) is 8.24. The number of nitrogens with zero attached hydrogens (tertiary/aromatic N) is 5. The number of pyridine rings is 2. The largest absolute Gasteiger partial charge is 0.369 e. The highest BCUT2D eigenvalue weighted by molar-refractivity contribution is 6.05. The lowest BCUT2D eigenvalue weighted by atomic mass is 9.97. The third-order valence-electron chi connectivity index (χ3n) is 5.62. The van der Waals surface area contributed by atoms with Gasteiger partial charge in [0.2, 0.25) is 5.91 Å². The van der Waals surface area contributed by atoms with Gasteiger partial charge < -0.3 is 16.0 Å². The first kappa shape index (κ1) is 21.5. The Morgan fingerprint density at radius 3 is 2.62 bits per heavy atom. The zero-order valence-corrected chi connectivity index (χ0v) is 18.2. The maximum Gasteiger partial charge on any atom is 0.259 e. The van der Waals surface area contributed by atoms with Crippen LogP contribution in [0, 0.1) is 5.92 Å². The number of nitrogens with two attached hydrogens (primary N) is 1. The van der Waals surface area contributed by atoms with Crippen molar-refractivity contribution < 1.29 is 9.59 Å². The Morgan fingerprint density at radius 1 is 1.12 bits per heavy atom. The Bertz CT molecular complexity index is 1090. The Hall–Kier alpha value is -3.75. The minimum absolute atomic E-state index is 0.0676. The van der Waals surface area contributed by atoms with Crippen molar-refractivity contribution in [2.45, 2.75) is 32.6 Å². The minimum atomic E-state index is -0.272. The number of aromatic nitrogens is 4. The van der Waals surface area contributed by atoms with Crippen molar-refractivity contribution in [3.8, 4) is 5.82 Å². The molecule has 1 aliphatic heterocycles. The number of primary amides is 1. The first-order valence-electron chi connectivity index (χ1n) is 10.7. The Labute approximate surface area is 186 Å². The Balaban J connectivity index is 1.50. The molecule has 1 saturated heterocycles. The number of carbonyl (C=O) groups excluding carboxylic acids is 2. The second kappa shape index (κ2) is 9.17. The molecule has 1 atom stereocenters. The van der Waals surface area contributed by atoms with Crippen LogP contribution in [0.4, 0.5) is 11.5 Å². The molecular weight excluding hydrogens is 406 g/mol. The second-order valence-corrected chi connectivity index (χ2v) is 8.24. The number of hydrogen-bond donors (Lipinski definition) is 2. The lowest BCUT2D eigenvalue weighted by molar-refractivity contribution is -0.122. The maximum atomic E-state index is 13.0. The van der Waals surface area contributed by atoms with Gasteiger partial charge in [-0.15, -0.1) is 0 Å². The van der Waals surface area contributed by atoms with Gasteiger partial charge in [-0.2, -0.15) is 5.10 Å². The molecule has 0 aliphatic carbocycles. The smallest absolute Gasteiger partial charge is 0.259 e. The quantitative estimate of drug-likeness (QED) is 0.617. The lowest BCUT2D eigenvalue weighted by Crippen LogP contribution is -2.41. The van der Waals surface area contributed by atoms with Crippen molar-refractivity contribution in [1.29, 1.82) is 0 Å². The zero-order valence-electron chi connectivity index (χ0n) is 18.2. The van der Waals surface area contributed by atoms with Crippen LogP contribution in [0.25, 0.3) is 5.82 Å². The molecule has 0 spiro atoms.